The normalized spacial score (nSPS) is 21.3. The molecule has 12 nitrogen and oxygen atoms in total. The van der Waals surface area contributed by atoms with Gasteiger partial charge in [0.2, 0.25) is 11.8 Å². The van der Waals surface area contributed by atoms with Gasteiger partial charge in [-0.05, 0) is 30.2 Å². The first-order valence-corrected chi connectivity index (χ1v) is 16.4. The number of carbonyl (C=O) groups is 4. The summed E-state index contributed by atoms with van der Waals surface area (Å²) in [6.45, 7) is 3.58. The Labute approximate surface area is 266 Å². The molecule has 3 heterocycles. The van der Waals surface area contributed by atoms with E-state index in [1.54, 1.807) is 5.38 Å². The molecule has 4 amide bonds. The van der Waals surface area contributed by atoms with Crippen molar-refractivity contribution in [2.24, 2.45) is 11.8 Å². The standard InChI is InChI=1S/C32H40N6O6S/c1-19(2)26-31-36-24(18-45-31)29(42)34-22(15-20-9-5-3-6-10-20)30-35-23(17-44-30)28(41)33-13-14-38(16-25(39)37-26)32(43)27(40)21-11-7-4-8-12-21/h3,5-6,9-10,17-19,21-22,26-27,40H,4,7-8,11-16H2,1-2H3,(H,33,41)(H,34,42)(H,37,39)/t22-,26-,27+/m0/s1. The molecule has 0 spiro atoms. The molecule has 45 heavy (non-hydrogen) atoms. The molecule has 4 N–H and O–H groups in total. The number of hydrogen-bond acceptors (Lipinski definition) is 9. The Hall–Kier alpha value is -4.10. The van der Waals surface area contributed by atoms with Gasteiger partial charge in [-0.25, -0.2) is 9.97 Å². The number of benzene rings is 1. The first-order valence-electron chi connectivity index (χ1n) is 15.5. The molecule has 1 fully saturated rings. The maximum Gasteiger partial charge on any atom is 0.273 e. The van der Waals surface area contributed by atoms with Crippen LogP contribution in [0.5, 0.6) is 0 Å². The average Bonchev–Trinajstić information content (AvgIpc) is 3.74. The van der Waals surface area contributed by atoms with E-state index < -0.39 is 41.8 Å². The van der Waals surface area contributed by atoms with Crippen molar-refractivity contribution < 1.29 is 28.7 Å². The summed E-state index contributed by atoms with van der Waals surface area (Å²) in [5.74, 6) is -2.05. The summed E-state index contributed by atoms with van der Waals surface area (Å²) in [5, 5.41) is 21.8. The summed E-state index contributed by atoms with van der Waals surface area (Å²) in [6.07, 6.45) is 4.81. The highest BCUT2D eigenvalue weighted by molar-refractivity contribution is 7.09. The van der Waals surface area contributed by atoms with E-state index in [0.717, 1.165) is 37.7 Å². The zero-order chi connectivity index (χ0) is 31.9. The van der Waals surface area contributed by atoms with Crippen molar-refractivity contribution in [2.75, 3.05) is 19.6 Å². The highest BCUT2D eigenvalue weighted by Crippen LogP contribution is 2.28. The number of nitrogens with zero attached hydrogens (tertiary/aromatic N) is 3. The van der Waals surface area contributed by atoms with E-state index >= 15 is 0 Å². The van der Waals surface area contributed by atoms with E-state index in [9.17, 15) is 24.3 Å². The Morgan fingerprint density at radius 1 is 1.04 bits per heavy atom. The first kappa shape index (κ1) is 32.3. The van der Waals surface area contributed by atoms with Crippen LogP contribution in [0.25, 0.3) is 0 Å². The molecule has 240 valence electrons. The number of amides is 4. The van der Waals surface area contributed by atoms with Gasteiger partial charge in [-0.15, -0.1) is 11.3 Å². The second-order valence-corrected chi connectivity index (χ2v) is 12.9. The Morgan fingerprint density at radius 2 is 1.80 bits per heavy atom. The smallest absolute Gasteiger partial charge is 0.273 e. The summed E-state index contributed by atoms with van der Waals surface area (Å²) in [5.41, 5.74) is 1.11. The Morgan fingerprint density at radius 3 is 2.53 bits per heavy atom. The van der Waals surface area contributed by atoms with Gasteiger partial charge in [-0.3, -0.25) is 19.2 Å². The van der Waals surface area contributed by atoms with Crippen LogP contribution in [0.2, 0.25) is 0 Å². The highest BCUT2D eigenvalue weighted by Gasteiger charge is 2.33. The maximum absolute atomic E-state index is 13.5. The number of aromatic nitrogens is 2. The number of nitrogens with one attached hydrogen (secondary N) is 3. The zero-order valence-corrected chi connectivity index (χ0v) is 26.3. The van der Waals surface area contributed by atoms with Crippen molar-refractivity contribution in [1.29, 1.82) is 0 Å². The van der Waals surface area contributed by atoms with Crippen LogP contribution in [-0.4, -0.2) is 69.3 Å². The summed E-state index contributed by atoms with van der Waals surface area (Å²) < 4.78 is 5.68. The fourth-order valence-electron chi connectivity index (χ4n) is 5.78. The second kappa shape index (κ2) is 14.8. The summed E-state index contributed by atoms with van der Waals surface area (Å²) >= 11 is 1.26. The monoisotopic (exact) mass is 636 g/mol. The quantitative estimate of drug-likeness (QED) is 0.331. The van der Waals surface area contributed by atoms with Gasteiger partial charge in [0.1, 0.15) is 29.1 Å². The molecule has 0 unspecified atom stereocenters. The van der Waals surface area contributed by atoms with Crippen molar-refractivity contribution >= 4 is 35.0 Å². The number of rotatable bonds is 5. The van der Waals surface area contributed by atoms with Gasteiger partial charge in [0.15, 0.2) is 5.69 Å². The fourth-order valence-corrected chi connectivity index (χ4v) is 6.80. The van der Waals surface area contributed by atoms with Crippen molar-refractivity contribution in [2.45, 2.75) is 70.6 Å². The van der Waals surface area contributed by atoms with Crippen LogP contribution in [0.15, 0.2) is 46.4 Å². The van der Waals surface area contributed by atoms with E-state index in [-0.39, 0.29) is 48.7 Å². The topological polar surface area (TPSA) is 167 Å². The van der Waals surface area contributed by atoms with Crippen molar-refractivity contribution in [3.63, 3.8) is 0 Å². The van der Waals surface area contributed by atoms with Crippen LogP contribution < -0.4 is 16.0 Å². The van der Waals surface area contributed by atoms with Crippen LogP contribution in [0.1, 0.15) is 95.5 Å². The Balaban J connectivity index is 1.43. The van der Waals surface area contributed by atoms with Crippen molar-refractivity contribution in [3.8, 4) is 0 Å². The summed E-state index contributed by atoms with van der Waals surface area (Å²) in [7, 11) is 0. The molecule has 2 aromatic heterocycles. The molecule has 4 bridgehead atoms. The van der Waals surface area contributed by atoms with Crippen LogP contribution in [0, 0.1) is 11.8 Å². The van der Waals surface area contributed by atoms with Crippen LogP contribution in [0.3, 0.4) is 0 Å². The molecule has 1 aromatic carbocycles. The van der Waals surface area contributed by atoms with Gasteiger partial charge < -0.3 is 30.4 Å². The molecular formula is C32H40N6O6S. The SMILES string of the molecule is CC(C)[C@@H]1NC(=O)CN(C(=O)[C@H](O)C2CCCCC2)CCNC(=O)c2coc(n2)[C@H](Cc2ccccc2)NC(=O)c2csc1n2. The molecule has 2 aliphatic rings. The van der Waals surface area contributed by atoms with E-state index in [1.807, 2.05) is 44.2 Å². The highest BCUT2D eigenvalue weighted by atomic mass is 32.1. The zero-order valence-electron chi connectivity index (χ0n) is 25.5. The molecule has 5 rings (SSSR count). The van der Waals surface area contributed by atoms with Gasteiger partial charge in [0.25, 0.3) is 17.7 Å². The number of oxazole rings is 1. The van der Waals surface area contributed by atoms with Gasteiger partial charge in [-0.2, -0.15) is 0 Å². The number of fused-ring (bicyclic) bond motifs is 4. The first-order chi connectivity index (χ1) is 21.7. The lowest BCUT2D eigenvalue weighted by molar-refractivity contribution is -0.146. The van der Waals surface area contributed by atoms with Crippen molar-refractivity contribution in [1.82, 2.24) is 30.8 Å². The number of aliphatic hydroxyl groups excluding tert-OH is 1. The fraction of sp³-hybridized carbons (Fsp3) is 0.500. The lowest BCUT2D eigenvalue weighted by Gasteiger charge is -2.31. The Bertz CT molecular complexity index is 1480. The average molecular weight is 637 g/mol. The van der Waals surface area contributed by atoms with Crippen molar-refractivity contribution in [3.05, 3.63) is 69.8 Å². The van der Waals surface area contributed by atoms with Gasteiger partial charge >= 0.3 is 0 Å². The molecular weight excluding hydrogens is 596 g/mol. The third-order valence-corrected chi connectivity index (χ3v) is 9.24. The third-order valence-electron chi connectivity index (χ3n) is 8.31. The van der Waals surface area contributed by atoms with E-state index in [2.05, 4.69) is 25.9 Å². The minimum atomic E-state index is -1.23. The van der Waals surface area contributed by atoms with Crippen LogP contribution in [-0.2, 0) is 16.0 Å². The molecule has 1 saturated carbocycles. The number of carbonyl (C=O) groups excluding carboxylic acids is 4. The molecule has 0 radical (unpaired) electrons. The summed E-state index contributed by atoms with van der Waals surface area (Å²) in [6, 6.07) is 8.31. The number of thiazole rings is 1. The van der Waals surface area contributed by atoms with E-state index in [0.29, 0.717) is 11.4 Å². The van der Waals surface area contributed by atoms with Gasteiger partial charge in [0, 0.05) is 24.9 Å². The summed E-state index contributed by atoms with van der Waals surface area (Å²) in [4.78, 5) is 63.5. The van der Waals surface area contributed by atoms with Gasteiger partial charge in [0.05, 0.1) is 12.6 Å². The van der Waals surface area contributed by atoms with Crippen LogP contribution in [0.4, 0.5) is 0 Å². The maximum atomic E-state index is 13.5. The van der Waals surface area contributed by atoms with Gasteiger partial charge in [-0.1, -0.05) is 63.4 Å². The lowest BCUT2D eigenvalue weighted by atomic mass is 9.85. The predicted molar refractivity (Wildman–Crippen MR) is 166 cm³/mol. The molecule has 13 heteroatoms. The molecule has 0 saturated heterocycles. The van der Waals surface area contributed by atoms with E-state index in [4.69, 9.17) is 4.42 Å². The Kier molecular flexibility index (Phi) is 10.6. The lowest BCUT2D eigenvalue weighted by Crippen LogP contribution is -2.50. The number of aliphatic hydroxyl groups is 1. The van der Waals surface area contributed by atoms with E-state index in [1.165, 1.54) is 22.5 Å². The van der Waals surface area contributed by atoms with Crippen LogP contribution >= 0.6 is 11.3 Å². The molecule has 1 aliphatic heterocycles. The minimum Gasteiger partial charge on any atom is -0.446 e. The predicted octanol–water partition coefficient (Wildman–Crippen LogP) is 3.17. The molecule has 3 atom stereocenters. The largest absolute Gasteiger partial charge is 0.446 e. The second-order valence-electron chi connectivity index (χ2n) is 12.0. The molecule has 3 aromatic rings. The molecule has 1 aliphatic carbocycles. The third kappa shape index (κ3) is 8.14. The minimum absolute atomic E-state index is 0.00649. The number of hydrogen-bond donors (Lipinski definition) is 4.